The highest BCUT2D eigenvalue weighted by molar-refractivity contribution is 7.89. The summed E-state index contributed by atoms with van der Waals surface area (Å²) in [6, 6.07) is 13.5. The molecule has 2 rings (SSSR count). The summed E-state index contributed by atoms with van der Waals surface area (Å²) < 4.78 is 27.4. The molecule has 0 saturated carbocycles. The van der Waals surface area contributed by atoms with E-state index in [1.54, 1.807) is 31.3 Å². The van der Waals surface area contributed by atoms with Gasteiger partial charge in [-0.1, -0.05) is 12.1 Å². The van der Waals surface area contributed by atoms with Crippen molar-refractivity contribution < 1.29 is 18.0 Å². The molecule has 29 heavy (non-hydrogen) atoms. The number of amides is 2. The third kappa shape index (κ3) is 6.14. The predicted molar refractivity (Wildman–Crippen MR) is 108 cm³/mol. The molecule has 0 aromatic heterocycles. The van der Waals surface area contributed by atoms with Crippen LogP contribution in [0.4, 0.5) is 5.69 Å². The zero-order valence-electron chi connectivity index (χ0n) is 16.3. The second-order valence-corrected chi connectivity index (χ2v) is 8.27. The summed E-state index contributed by atoms with van der Waals surface area (Å²) in [6.07, 6.45) is 0. The van der Waals surface area contributed by atoms with Crippen molar-refractivity contribution in [3.63, 3.8) is 0 Å². The minimum absolute atomic E-state index is 0.0130. The molecular formula is C20H22N4O4S. The minimum Gasteiger partial charge on any atom is -0.340 e. The quantitative estimate of drug-likeness (QED) is 0.716. The van der Waals surface area contributed by atoms with Crippen LogP contribution in [0.3, 0.4) is 0 Å². The largest absolute Gasteiger partial charge is 0.340 e. The fraction of sp³-hybridized carbons (Fsp3) is 0.250. The first-order valence-corrected chi connectivity index (χ1v) is 10.2. The van der Waals surface area contributed by atoms with Gasteiger partial charge >= 0.3 is 0 Å². The van der Waals surface area contributed by atoms with Gasteiger partial charge in [0.25, 0.3) is 0 Å². The summed E-state index contributed by atoms with van der Waals surface area (Å²) in [4.78, 5) is 25.0. The molecule has 0 heterocycles. The maximum Gasteiger partial charge on any atom is 0.241 e. The summed E-state index contributed by atoms with van der Waals surface area (Å²) in [5, 5.41) is 11.4. The third-order valence-electron chi connectivity index (χ3n) is 4.07. The first-order valence-electron chi connectivity index (χ1n) is 8.76. The Balaban J connectivity index is 2.02. The molecule has 0 fully saturated rings. The molecule has 152 valence electrons. The smallest absolute Gasteiger partial charge is 0.241 e. The van der Waals surface area contributed by atoms with Crippen molar-refractivity contribution in [1.82, 2.24) is 9.62 Å². The zero-order valence-corrected chi connectivity index (χ0v) is 17.2. The summed E-state index contributed by atoms with van der Waals surface area (Å²) >= 11 is 0. The van der Waals surface area contributed by atoms with Gasteiger partial charge in [-0.15, -0.1) is 0 Å². The molecule has 0 aliphatic rings. The van der Waals surface area contributed by atoms with E-state index >= 15 is 0 Å². The molecule has 0 bridgehead atoms. The Hall–Kier alpha value is -3.22. The number of hydrogen-bond acceptors (Lipinski definition) is 5. The van der Waals surface area contributed by atoms with Crippen LogP contribution in [0.15, 0.2) is 53.4 Å². The van der Waals surface area contributed by atoms with Crippen molar-refractivity contribution in [2.45, 2.75) is 31.3 Å². The highest BCUT2D eigenvalue weighted by Gasteiger charge is 2.24. The number of likely N-dealkylation sites (N-methyl/N-ethyl adjacent to an activating group) is 1. The lowest BCUT2D eigenvalue weighted by atomic mass is 10.1. The van der Waals surface area contributed by atoms with Crippen LogP contribution in [-0.4, -0.2) is 38.2 Å². The molecule has 2 amide bonds. The Labute approximate surface area is 170 Å². The highest BCUT2D eigenvalue weighted by atomic mass is 32.2. The average molecular weight is 414 g/mol. The summed E-state index contributed by atoms with van der Waals surface area (Å²) in [5.74, 6) is -0.656. The predicted octanol–water partition coefficient (Wildman–Crippen LogP) is 1.84. The normalized spacial score (nSPS) is 11.9. The van der Waals surface area contributed by atoms with E-state index in [1.165, 1.54) is 43.0 Å². The molecular weight excluding hydrogens is 392 g/mol. The van der Waals surface area contributed by atoms with E-state index in [2.05, 4.69) is 10.0 Å². The zero-order chi connectivity index (χ0) is 21.6. The summed E-state index contributed by atoms with van der Waals surface area (Å²) in [6.45, 7) is 3.11. The average Bonchev–Trinajstić information content (AvgIpc) is 2.67. The Morgan fingerprint density at radius 1 is 1.10 bits per heavy atom. The maximum absolute atomic E-state index is 12.6. The van der Waals surface area contributed by atoms with Gasteiger partial charge in [0, 0.05) is 26.2 Å². The summed E-state index contributed by atoms with van der Waals surface area (Å²) in [7, 11) is -2.33. The van der Waals surface area contributed by atoms with Gasteiger partial charge < -0.3 is 10.2 Å². The van der Waals surface area contributed by atoms with Crippen LogP contribution in [0.25, 0.3) is 0 Å². The molecule has 2 N–H and O–H groups in total. The molecule has 0 spiro atoms. The highest BCUT2D eigenvalue weighted by Crippen LogP contribution is 2.15. The van der Waals surface area contributed by atoms with Gasteiger partial charge in [-0.3, -0.25) is 9.59 Å². The van der Waals surface area contributed by atoms with Crippen molar-refractivity contribution in [3.8, 4) is 6.07 Å². The number of nitriles is 1. The van der Waals surface area contributed by atoms with Gasteiger partial charge in [0.2, 0.25) is 21.8 Å². The second kappa shape index (κ2) is 9.32. The van der Waals surface area contributed by atoms with Crippen molar-refractivity contribution in [3.05, 3.63) is 59.7 Å². The number of carbonyl (C=O) groups is 2. The Bertz CT molecular complexity index is 1030. The van der Waals surface area contributed by atoms with Crippen molar-refractivity contribution in [2.75, 3.05) is 12.4 Å². The monoisotopic (exact) mass is 414 g/mol. The molecule has 0 saturated heterocycles. The molecule has 0 aliphatic carbocycles. The van der Waals surface area contributed by atoms with Gasteiger partial charge in [0.15, 0.2) is 0 Å². The fourth-order valence-corrected chi connectivity index (χ4v) is 3.84. The van der Waals surface area contributed by atoms with E-state index in [4.69, 9.17) is 5.26 Å². The van der Waals surface area contributed by atoms with Crippen molar-refractivity contribution in [1.29, 1.82) is 5.26 Å². The third-order valence-corrected chi connectivity index (χ3v) is 5.62. The van der Waals surface area contributed by atoms with Crippen LogP contribution in [0, 0.1) is 11.3 Å². The molecule has 9 heteroatoms. The van der Waals surface area contributed by atoms with E-state index in [0.717, 1.165) is 5.56 Å². The van der Waals surface area contributed by atoms with E-state index in [1.807, 2.05) is 6.07 Å². The SMILES string of the molecule is CC(=O)Nc1ccc(S(=O)(=O)N[C@@H](C)C(=O)N(C)Cc2ccc(C#N)cc2)cc1. The van der Waals surface area contributed by atoms with E-state index in [-0.39, 0.29) is 17.3 Å². The molecule has 1 atom stereocenters. The number of nitrogens with zero attached hydrogens (tertiary/aromatic N) is 2. The first kappa shape index (κ1) is 22.1. The van der Waals surface area contributed by atoms with Crippen LogP contribution in [0.5, 0.6) is 0 Å². The Morgan fingerprint density at radius 3 is 2.21 bits per heavy atom. The maximum atomic E-state index is 12.6. The van der Waals surface area contributed by atoms with Gasteiger partial charge in [-0.2, -0.15) is 9.98 Å². The second-order valence-electron chi connectivity index (χ2n) is 6.55. The van der Waals surface area contributed by atoms with Gasteiger partial charge in [-0.05, 0) is 48.9 Å². The van der Waals surface area contributed by atoms with Crippen LogP contribution in [0.2, 0.25) is 0 Å². The number of benzene rings is 2. The lowest BCUT2D eigenvalue weighted by molar-refractivity contribution is -0.131. The van der Waals surface area contributed by atoms with Crippen LogP contribution < -0.4 is 10.0 Å². The van der Waals surface area contributed by atoms with Crippen molar-refractivity contribution in [2.24, 2.45) is 0 Å². The standard InChI is InChI=1S/C20H22N4O4S/c1-14(20(26)24(3)13-17-6-4-16(12-21)5-7-17)23-29(27,28)19-10-8-18(9-11-19)22-15(2)25/h4-11,14,23H,13H2,1-3H3,(H,22,25)/t14-/m0/s1. The number of sulfonamides is 1. The van der Waals surface area contributed by atoms with Crippen LogP contribution in [0.1, 0.15) is 25.0 Å². The topological polar surface area (TPSA) is 119 Å². The molecule has 2 aromatic carbocycles. The summed E-state index contributed by atoms with van der Waals surface area (Å²) in [5.41, 5.74) is 1.82. The number of nitrogens with one attached hydrogen (secondary N) is 2. The molecule has 8 nitrogen and oxygen atoms in total. The number of anilines is 1. The van der Waals surface area contributed by atoms with Crippen LogP contribution >= 0.6 is 0 Å². The lowest BCUT2D eigenvalue weighted by Crippen LogP contribution is -2.45. The van der Waals surface area contributed by atoms with E-state index in [9.17, 15) is 18.0 Å². The van der Waals surface area contributed by atoms with E-state index in [0.29, 0.717) is 11.3 Å². The number of carbonyl (C=O) groups excluding carboxylic acids is 2. The molecule has 2 aromatic rings. The first-order chi connectivity index (χ1) is 13.6. The van der Waals surface area contributed by atoms with Crippen molar-refractivity contribution >= 4 is 27.5 Å². The Kier molecular flexibility index (Phi) is 7.09. The number of rotatable bonds is 7. The van der Waals surface area contributed by atoms with E-state index < -0.39 is 22.0 Å². The molecule has 0 unspecified atom stereocenters. The molecule has 0 aliphatic heterocycles. The fourth-order valence-electron chi connectivity index (χ4n) is 2.64. The number of hydrogen-bond donors (Lipinski definition) is 2. The van der Waals surface area contributed by atoms with Gasteiger partial charge in [0.05, 0.1) is 22.6 Å². The minimum atomic E-state index is -3.91. The lowest BCUT2D eigenvalue weighted by Gasteiger charge is -2.22. The van der Waals surface area contributed by atoms with Crippen LogP contribution in [-0.2, 0) is 26.2 Å². The van der Waals surface area contributed by atoms with Gasteiger partial charge in [0.1, 0.15) is 0 Å². The Morgan fingerprint density at radius 2 is 1.69 bits per heavy atom. The van der Waals surface area contributed by atoms with Gasteiger partial charge in [-0.25, -0.2) is 8.42 Å². The molecule has 0 radical (unpaired) electrons.